The van der Waals surface area contributed by atoms with Crippen molar-refractivity contribution in [2.45, 2.75) is 73.1 Å². The van der Waals surface area contributed by atoms with Gasteiger partial charge in [0.25, 0.3) is 6.43 Å². The molecule has 1 saturated heterocycles. The van der Waals surface area contributed by atoms with Crippen LogP contribution in [0.25, 0.3) is 5.69 Å². The maximum absolute atomic E-state index is 14.4. The fraction of sp³-hybridized carbons (Fsp3) is 0.467. The second kappa shape index (κ2) is 16.6. The van der Waals surface area contributed by atoms with E-state index in [2.05, 4.69) is 26.7 Å². The topological polar surface area (TPSA) is 252 Å². The Hall–Kier alpha value is -4.33. The number of thioether (sulfide) groups is 1. The van der Waals surface area contributed by atoms with Crippen molar-refractivity contribution in [1.82, 2.24) is 25.3 Å². The summed E-state index contributed by atoms with van der Waals surface area (Å²) < 4.78 is 51.5. The van der Waals surface area contributed by atoms with Crippen LogP contribution < -0.4 is 10.1 Å². The number of aliphatic hydroxyl groups excluding tert-OH is 4. The van der Waals surface area contributed by atoms with Gasteiger partial charge in [0.1, 0.15) is 35.2 Å². The number of methoxy groups -OCH3 is 2. The minimum Gasteiger partial charge on any atom is -0.476 e. The molecule has 6 N–H and O–H groups in total. The standard InChI is InChI=1S/C30H34F2N6O11S/c1-14(40)34-23-20(41)9-30(29(44)45,49-25(23)24(43)21(42)12-39)48-22-7-5-17(8-18(22)26(31)32)38-11-16(36-37-38)13-50-27-15(10-33)4-6-19(35-27)28(46-2)47-3/h4-8,11,20-21,23-26,28,39,41-43H,9,12-13H2,1-3H3,(H,34,40)(H,44,45)/t20-,21+,23+,24+,25+,30+/m0/s1. The number of aliphatic carboxylic acids is 1. The van der Waals surface area contributed by atoms with E-state index in [4.69, 9.17) is 18.9 Å². The van der Waals surface area contributed by atoms with Gasteiger partial charge >= 0.3 is 11.8 Å². The summed E-state index contributed by atoms with van der Waals surface area (Å²) in [6, 6.07) is 7.01. The minimum atomic E-state index is -3.22. The number of alkyl halides is 2. The van der Waals surface area contributed by atoms with Crippen molar-refractivity contribution in [1.29, 1.82) is 5.26 Å². The van der Waals surface area contributed by atoms with Crippen molar-refractivity contribution in [2.75, 3.05) is 20.8 Å². The molecule has 50 heavy (non-hydrogen) atoms. The molecule has 1 aromatic carbocycles. The lowest BCUT2D eigenvalue weighted by Gasteiger charge is -2.46. The number of carbonyl (C=O) groups excluding carboxylic acids is 1. The average Bonchev–Trinajstić information content (AvgIpc) is 3.57. The number of aliphatic hydroxyl groups is 4. The lowest BCUT2D eigenvalue weighted by atomic mass is 9.88. The van der Waals surface area contributed by atoms with Gasteiger partial charge < -0.3 is 49.8 Å². The highest BCUT2D eigenvalue weighted by Crippen LogP contribution is 2.39. The summed E-state index contributed by atoms with van der Waals surface area (Å²) in [5, 5.41) is 71.2. The summed E-state index contributed by atoms with van der Waals surface area (Å²) in [5.41, 5.74) is 0.393. The number of carbonyl (C=O) groups is 2. The molecule has 6 atom stereocenters. The summed E-state index contributed by atoms with van der Waals surface area (Å²) in [5.74, 6) is -5.96. The lowest BCUT2D eigenvalue weighted by molar-refractivity contribution is -0.284. The van der Waals surface area contributed by atoms with Crippen LogP contribution in [0.1, 0.15) is 48.6 Å². The highest BCUT2D eigenvalue weighted by Gasteiger charge is 2.57. The number of benzene rings is 1. The predicted molar refractivity (Wildman–Crippen MR) is 165 cm³/mol. The number of amides is 1. The Morgan fingerprint density at radius 3 is 2.56 bits per heavy atom. The highest BCUT2D eigenvalue weighted by atomic mass is 32.2. The first-order chi connectivity index (χ1) is 23.8. The summed E-state index contributed by atoms with van der Waals surface area (Å²) in [6.45, 7) is 0.0708. The molecule has 1 aliphatic rings. The van der Waals surface area contributed by atoms with Crippen molar-refractivity contribution in [3.05, 3.63) is 59.0 Å². The normalized spacial score (nSPS) is 21.8. The smallest absolute Gasteiger partial charge is 0.377 e. The van der Waals surface area contributed by atoms with E-state index in [1.54, 1.807) is 12.1 Å². The summed E-state index contributed by atoms with van der Waals surface area (Å²) in [4.78, 5) is 28.7. The monoisotopic (exact) mass is 724 g/mol. The molecule has 3 aromatic rings. The molecule has 17 nitrogen and oxygen atoms in total. The van der Waals surface area contributed by atoms with Gasteiger partial charge in [-0.15, -0.1) is 5.10 Å². The molecule has 1 aliphatic heterocycles. The number of pyridine rings is 1. The third kappa shape index (κ3) is 8.51. The Morgan fingerprint density at radius 1 is 1.24 bits per heavy atom. The Kier molecular flexibility index (Phi) is 12.8. The number of carboxylic acid groups (broad SMARTS) is 1. The predicted octanol–water partition coefficient (Wildman–Crippen LogP) is 0.584. The fourth-order valence-corrected chi connectivity index (χ4v) is 5.96. The first kappa shape index (κ1) is 38.5. The van der Waals surface area contributed by atoms with Gasteiger partial charge in [0.05, 0.1) is 59.6 Å². The zero-order valence-corrected chi connectivity index (χ0v) is 27.5. The van der Waals surface area contributed by atoms with Gasteiger partial charge in [0, 0.05) is 26.9 Å². The van der Waals surface area contributed by atoms with Gasteiger partial charge in [0.2, 0.25) is 12.2 Å². The Balaban J connectivity index is 1.60. The highest BCUT2D eigenvalue weighted by molar-refractivity contribution is 7.98. The van der Waals surface area contributed by atoms with Crippen LogP contribution in [0, 0.1) is 11.3 Å². The van der Waals surface area contributed by atoms with E-state index in [1.807, 2.05) is 0 Å². The van der Waals surface area contributed by atoms with Crippen molar-refractivity contribution < 1.29 is 62.8 Å². The van der Waals surface area contributed by atoms with E-state index in [9.17, 15) is 49.2 Å². The van der Waals surface area contributed by atoms with Gasteiger partial charge in [0.15, 0.2) is 0 Å². The number of nitriles is 1. The van der Waals surface area contributed by atoms with Crippen molar-refractivity contribution >= 4 is 23.6 Å². The number of nitrogens with one attached hydrogen (secondary N) is 1. The van der Waals surface area contributed by atoms with Crippen LogP contribution in [0.3, 0.4) is 0 Å². The van der Waals surface area contributed by atoms with Gasteiger partial charge in [-0.3, -0.25) is 4.79 Å². The number of ether oxygens (including phenoxy) is 4. The van der Waals surface area contributed by atoms with Crippen LogP contribution in [0.15, 0.2) is 41.6 Å². The van der Waals surface area contributed by atoms with E-state index in [1.165, 1.54) is 42.9 Å². The van der Waals surface area contributed by atoms with Crippen LogP contribution in [-0.4, -0.2) is 114 Å². The average molecular weight is 725 g/mol. The minimum absolute atomic E-state index is 0.0799. The van der Waals surface area contributed by atoms with E-state index < -0.39 is 85.2 Å². The van der Waals surface area contributed by atoms with Gasteiger partial charge in [-0.2, -0.15) is 5.26 Å². The number of rotatable bonds is 15. The van der Waals surface area contributed by atoms with Crippen LogP contribution in [0.4, 0.5) is 8.78 Å². The van der Waals surface area contributed by atoms with Crippen LogP contribution in [0.2, 0.25) is 0 Å². The SMILES string of the molecule is COC(OC)c1ccc(C#N)c(SCc2cn(-c3ccc(O[C@]4(C(=O)O)C[C@H](O)[C@@H](NC(C)=O)[C@H]([C@H](O)[C@H](O)CO)O4)c(C(F)F)c3)nn2)n1. The molecule has 2 aromatic heterocycles. The summed E-state index contributed by atoms with van der Waals surface area (Å²) >= 11 is 1.17. The second-order valence-corrected chi connectivity index (χ2v) is 11.9. The number of hydrogen-bond acceptors (Lipinski definition) is 15. The first-order valence-electron chi connectivity index (χ1n) is 14.7. The molecule has 270 valence electrons. The Labute approximate surface area is 287 Å². The molecular formula is C30H34F2N6O11S. The number of carboxylic acids is 1. The largest absolute Gasteiger partial charge is 0.476 e. The third-order valence-corrected chi connectivity index (χ3v) is 8.55. The zero-order valence-electron chi connectivity index (χ0n) is 26.7. The molecule has 4 rings (SSSR count). The van der Waals surface area contributed by atoms with E-state index >= 15 is 0 Å². The number of hydrogen-bond donors (Lipinski definition) is 6. The summed E-state index contributed by atoms with van der Waals surface area (Å²) in [6.07, 6.45) is -11.0. The van der Waals surface area contributed by atoms with Gasteiger partial charge in [-0.1, -0.05) is 17.0 Å². The van der Waals surface area contributed by atoms with Crippen LogP contribution >= 0.6 is 11.8 Å². The lowest BCUT2D eigenvalue weighted by Crippen LogP contribution is -2.68. The molecule has 0 aliphatic carbocycles. The maximum Gasteiger partial charge on any atom is 0.377 e. The van der Waals surface area contributed by atoms with E-state index in [0.717, 1.165) is 19.1 Å². The first-order valence-corrected chi connectivity index (χ1v) is 15.7. The fourth-order valence-electron chi connectivity index (χ4n) is 5.10. The molecule has 3 heterocycles. The molecule has 0 bridgehead atoms. The molecule has 0 radical (unpaired) electrons. The molecule has 1 fully saturated rings. The molecule has 1 amide bonds. The Morgan fingerprint density at radius 2 is 1.96 bits per heavy atom. The van der Waals surface area contributed by atoms with E-state index in [0.29, 0.717) is 22.0 Å². The zero-order chi connectivity index (χ0) is 36.7. The third-order valence-electron chi connectivity index (χ3n) is 7.52. The summed E-state index contributed by atoms with van der Waals surface area (Å²) in [7, 11) is 2.88. The van der Waals surface area contributed by atoms with Gasteiger partial charge in [-0.05, 0) is 30.3 Å². The molecule has 0 spiro atoms. The van der Waals surface area contributed by atoms with Crippen molar-refractivity contribution in [2.24, 2.45) is 0 Å². The Bertz CT molecular complexity index is 1710. The molecule has 0 unspecified atom stereocenters. The quantitative estimate of drug-likeness (QED) is 0.0926. The van der Waals surface area contributed by atoms with Crippen LogP contribution in [0.5, 0.6) is 5.75 Å². The van der Waals surface area contributed by atoms with Crippen LogP contribution in [-0.2, 0) is 29.6 Å². The maximum atomic E-state index is 14.4. The number of nitrogens with zero attached hydrogens (tertiary/aromatic N) is 5. The molecule has 0 saturated carbocycles. The molecule has 20 heteroatoms. The number of halogens is 2. The van der Waals surface area contributed by atoms with Crippen molar-refractivity contribution in [3.63, 3.8) is 0 Å². The van der Waals surface area contributed by atoms with Gasteiger partial charge in [-0.25, -0.2) is 23.2 Å². The number of aromatic nitrogens is 4. The van der Waals surface area contributed by atoms with E-state index in [-0.39, 0.29) is 11.4 Å². The second-order valence-electron chi connectivity index (χ2n) is 11.0. The molecular weight excluding hydrogens is 690 g/mol. The van der Waals surface area contributed by atoms with Crippen molar-refractivity contribution in [3.8, 4) is 17.5 Å².